The second kappa shape index (κ2) is 13.4. The van der Waals surface area contributed by atoms with Gasteiger partial charge in [-0.05, 0) is 53.7 Å². The normalized spacial score (nSPS) is 25.5. The van der Waals surface area contributed by atoms with Gasteiger partial charge in [0.05, 0.1) is 30.8 Å². The molecular formula is C28H44ClFN4O7. The van der Waals surface area contributed by atoms with Gasteiger partial charge in [0.2, 0.25) is 5.79 Å². The monoisotopic (exact) mass is 602 g/mol. The Kier molecular flexibility index (Phi) is 10.9. The molecule has 3 atom stereocenters. The molecule has 1 aromatic carbocycles. The van der Waals surface area contributed by atoms with Gasteiger partial charge in [-0.3, -0.25) is 4.90 Å². The van der Waals surface area contributed by atoms with E-state index in [1.807, 2.05) is 41.5 Å². The van der Waals surface area contributed by atoms with Gasteiger partial charge in [-0.25, -0.2) is 14.0 Å². The van der Waals surface area contributed by atoms with Crippen molar-refractivity contribution in [2.24, 2.45) is 0 Å². The van der Waals surface area contributed by atoms with Gasteiger partial charge in [0.1, 0.15) is 17.0 Å². The zero-order valence-corrected chi connectivity index (χ0v) is 25.5. The van der Waals surface area contributed by atoms with E-state index in [4.69, 9.17) is 30.9 Å². The summed E-state index contributed by atoms with van der Waals surface area (Å²) < 4.78 is 29.7. The Bertz CT molecular complexity index is 1070. The van der Waals surface area contributed by atoms with Crippen molar-refractivity contribution in [1.82, 2.24) is 20.0 Å². The number of rotatable bonds is 2. The number of benzene rings is 1. The van der Waals surface area contributed by atoms with Crippen LogP contribution >= 0.6 is 11.6 Å². The predicted octanol–water partition coefficient (Wildman–Crippen LogP) is 2.76. The first-order chi connectivity index (χ1) is 19.0. The van der Waals surface area contributed by atoms with Crippen LogP contribution in [0.3, 0.4) is 0 Å². The van der Waals surface area contributed by atoms with E-state index in [1.165, 1.54) is 18.2 Å². The van der Waals surface area contributed by atoms with Crippen LogP contribution in [0.25, 0.3) is 0 Å². The topological polar surface area (TPSA) is 124 Å². The summed E-state index contributed by atoms with van der Waals surface area (Å²) in [5.41, 5.74) is -0.590. The molecule has 41 heavy (non-hydrogen) atoms. The highest BCUT2D eigenvalue weighted by atomic mass is 35.5. The summed E-state index contributed by atoms with van der Waals surface area (Å²) in [6, 6.07) is 4.00. The third-order valence-electron chi connectivity index (χ3n) is 6.69. The molecule has 3 heterocycles. The number of halogens is 2. The number of ether oxygens (including phenoxy) is 3. The molecule has 4 rings (SSSR count). The molecule has 3 fully saturated rings. The van der Waals surface area contributed by atoms with E-state index in [1.54, 1.807) is 9.80 Å². The first-order valence-electron chi connectivity index (χ1n) is 13.9. The maximum Gasteiger partial charge on any atom is 0.410 e. The lowest BCUT2D eigenvalue weighted by Crippen LogP contribution is -2.63. The zero-order chi connectivity index (χ0) is 30.6. The number of carbonyl (C=O) groups excluding carboxylic acids is 2. The maximum atomic E-state index is 13.4. The number of nitrogens with zero attached hydrogens (tertiary/aromatic N) is 3. The van der Waals surface area contributed by atoms with Gasteiger partial charge >= 0.3 is 12.2 Å². The molecule has 3 aliphatic rings. The van der Waals surface area contributed by atoms with Crippen LogP contribution in [0.15, 0.2) is 18.2 Å². The number of aliphatic hydroxyl groups excluding tert-OH is 1. The summed E-state index contributed by atoms with van der Waals surface area (Å²) >= 11 is 5.83. The number of hydrogen-bond donors (Lipinski definition) is 3. The van der Waals surface area contributed by atoms with E-state index in [9.17, 15) is 19.1 Å². The summed E-state index contributed by atoms with van der Waals surface area (Å²) in [5, 5.41) is 22.9. The van der Waals surface area contributed by atoms with Crippen LogP contribution in [-0.2, 0) is 20.0 Å². The van der Waals surface area contributed by atoms with Gasteiger partial charge < -0.3 is 39.5 Å². The second-order valence-electron chi connectivity index (χ2n) is 12.5. The molecule has 0 radical (unpaired) electrons. The maximum absolute atomic E-state index is 13.4. The van der Waals surface area contributed by atoms with E-state index >= 15 is 0 Å². The fourth-order valence-electron chi connectivity index (χ4n) is 4.66. The SMILES string of the molecule is CC(C)(C)OC(=O)N1CCN2C[C@@](O)(c3ccc(F)c(Cl)c3)OC[C@@H]2C1.CC(C)(C)OC(=O)N1CCN[C@H](CO)C1. The average molecular weight is 603 g/mol. The van der Waals surface area contributed by atoms with E-state index in [-0.39, 0.29) is 49.1 Å². The van der Waals surface area contributed by atoms with Crippen molar-refractivity contribution < 1.29 is 38.4 Å². The first-order valence-corrected chi connectivity index (χ1v) is 14.2. The van der Waals surface area contributed by atoms with Crippen LogP contribution in [0.5, 0.6) is 0 Å². The van der Waals surface area contributed by atoms with Gasteiger partial charge in [0.25, 0.3) is 0 Å². The van der Waals surface area contributed by atoms with Crippen molar-refractivity contribution >= 4 is 23.8 Å². The minimum absolute atomic E-state index is 0.0348. The average Bonchev–Trinajstić information content (AvgIpc) is 2.88. The van der Waals surface area contributed by atoms with Gasteiger partial charge in [-0.15, -0.1) is 0 Å². The van der Waals surface area contributed by atoms with Gasteiger partial charge in [-0.1, -0.05) is 17.7 Å². The van der Waals surface area contributed by atoms with Crippen LogP contribution < -0.4 is 5.32 Å². The highest BCUT2D eigenvalue weighted by molar-refractivity contribution is 6.30. The molecule has 0 unspecified atom stereocenters. The van der Waals surface area contributed by atoms with Crippen LogP contribution in [0.1, 0.15) is 47.1 Å². The van der Waals surface area contributed by atoms with Crippen molar-refractivity contribution in [3.63, 3.8) is 0 Å². The molecule has 232 valence electrons. The molecule has 13 heteroatoms. The molecule has 3 N–H and O–H groups in total. The highest BCUT2D eigenvalue weighted by Gasteiger charge is 2.44. The number of fused-ring (bicyclic) bond motifs is 1. The molecule has 2 amide bonds. The van der Waals surface area contributed by atoms with Crippen LogP contribution in [0.2, 0.25) is 5.02 Å². The van der Waals surface area contributed by atoms with Crippen LogP contribution in [0, 0.1) is 5.82 Å². The molecule has 0 saturated carbocycles. The molecule has 11 nitrogen and oxygen atoms in total. The lowest BCUT2D eigenvalue weighted by atomic mass is 10.0. The van der Waals surface area contributed by atoms with Crippen molar-refractivity contribution in [3.05, 3.63) is 34.6 Å². The van der Waals surface area contributed by atoms with Crippen LogP contribution in [0.4, 0.5) is 14.0 Å². The minimum Gasteiger partial charge on any atom is -0.444 e. The number of hydrogen-bond acceptors (Lipinski definition) is 9. The van der Waals surface area contributed by atoms with Crippen molar-refractivity contribution in [1.29, 1.82) is 0 Å². The lowest BCUT2D eigenvalue weighted by molar-refractivity contribution is -0.266. The molecule has 0 spiro atoms. The fraction of sp³-hybridized carbons (Fsp3) is 0.714. The third kappa shape index (κ3) is 9.65. The van der Waals surface area contributed by atoms with Gasteiger partial charge in [0.15, 0.2) is 0 Å². The Balaban J connectivity index is 0.000000263. The summed E-state index contributed by atoms with van der Waals surface area (Å²) in [4.78, 5) is 29.3. The Morgan fingerprint density at radius 3 is 2.24 bits per heavy atom. The largest absolute Gasteiger partial charge is 0.444 e. The Hall–Kier alpha value is -2.22. The molecule has 1 aromatic rings. The summed E-state index contributed by atoms with van der Waals surface area (Å²) in [5.74, 6) is -2.10. The van der Waals surface area contributed by atoms with Crippen molar-refractivity contribution in [2.45, 2.75) is 70.6 Å². The predicted molar refractivity (Wildman–Crippen MR) is 151 cm³/mol. The van der Waals surface area contributed by atoms with E-state index < -0.39 is 22.8 Å². The molecular weight excluding hydrogens is 559 g/mol. The molecule has 0 aliphatic carbocycles. The number of morpholine rings is 1. The standard InChI is InChI=1S/C18H24ClFN2O4.C10H20N2O3/c1-17(2,3)26-16(23)21-6-7-22-11-18(24,25-10-13(22)9-21)12-4-5-15(20)14(19)8-12;1-10(2,3)15-9(14)12-5-4-11-8(6-12)7-13/h4-5,8,13,24H,6-7,9-11H2,1-3H3;8,11,13H,4-7H2,1-3H3/t13-,18-;8-/m00/s1. The van der Waals surface area contributed by atoms with Gasteiger partial charge in [-0.2, -0.15) is 0 Å². The number of amides is 2. The highest BCUT2D eigenvalue weighted by Crippen LogP contribution is 2.33. The van der Waals surface area contributed by atoms with E-state index in [2.05, 4.69) is 10.2 Å². The number of piperazine rings is 2. The molecule has 0 aromatic heterocycles. The Morgan fingerprint density at radius 1 is 1.07 bits per heavy atom. The van der Waals surface area contributed by atoms with E-state index in [0.29, 0.717) is 44.8 Å². The first kappa shape index (κ1) is 33.3. The number of aliphatic hydroxyl groups is 2. The molecule has 0 bridgehead atoms. The van der Waals surface area contributed by atoms with Crippen molar-refractivity contribution in [3.8, 4) is 0 Å². The summed E-state index contributed by atoms with van der Waals surface area (Å²) in [7, 11) is 0. The summed E-state index contributed by atoms with van der Waals surface area (Å²) in [6.45, 7) is 14.9. The van der Waals surface area contributed by atoms with E-state index in [0.717, 1.165) is 0 Å². The smallest absolute Gasteiger partial charge is 0.410 e. The lowest BCUT2D eigenvalue weighted by Gasteiger charge is -2.48. The zero-order valence-electron chi connectivity index (χ0n) is 24.8. The molecule has 3 saturated heterocycles. The van der Waals surface area contributed by atoms with Crippen molar-refractivity contribution in [2.75, 3.05) is 59.0 Å². The summed E-state index contributed by atoms with van der Waals surface area (Å²) in [6.07, 6.45) is -0.647. The van der Waals surface area contributed by atoms with Gasteiger partial charge in [0, 0.05) is 50.9 Å². The Morgan fingerprint density at radius 2 is 1.68 bits per heavy atom. The van der Waals surface area contributed by atoms with Crippen LogP contribution in [-0.4, -0.2) is 119 Å². The molecule has 3 aliphatic heterocycles. The Labute approximate surface area is 246 Å². The third-order valence-corrected chi connectivity index (χ3v) is 6.98. The number of carbonyl (C=O) groups is 2. The quantitative estimate of drug-likeness (QED) is 0.469. The fourth-order valence-corrected chi connectivity index (χ4v) is 4.84. The minimum atomic E-state index is -1.55. The second-order valence-corrected chi connectivity index (χ2v) is 12.9. The number of nitrogens with one attached hydrogen (secondary N) is 1.